The lowest BCUT2D eigenvalue weighted by molar-refractivity contribution is 0.323. The molecule has 136 valence electrons. The van der Waals surface area contributed by atoms with E-state index in [-0.39, 0.29) is 0 Å². The predicted octanol–water partition coefficient (Wildman–Crippen LogP) is 2.58. The van der Waals surface area contributed by atoms with E-state index in [4.69, 9.17) is 14.2 Å². The highest BCUT2D eigenvalue weighted by Crippen LogP contribution is 2.38. The monoisotopic (exact) mass is 354 g/mol. The molecular weight excluding hydrogens is 332 g/mol. The number of aromatic nitrogens is 3. The Morgan fingerprint density at radius 2 is 1.62 bits per heavy atom. The van der Waals surface area contributed by atoms with Crippen molar-refractivity contribution >= 4 is 0 Å². The molecule has 0 saturated carbocycles. The van der Waals surface area contributed by atoms with Gasteiger partial charge in [-0.1, -0.05) is 18.2 Å². The molecule has 2 aromatic carbocycles. The summed E-state index contributed by atoms with van der Waals surface area (Å²) in [6.07, 6.45) is 1.76. The Kier molecular flexibility index (Phi) is 5.70. The van der Waals surface area contributed by atoms with E-state index in [1.165, 1.54) is 0 Å². The average Bonchev–Trinajstić information content (AvgIpc) is 3.16. The molecule has 0 bridgehead atoms. The number of rotatable bonds is 8. The van der Waals surface area contributed by atoms with E-state index in [1.54, 1.807) is 32.3 Å². The molecule has 0 radical (unpaired) electrons. The van der Waals surface area contributed by atoms with Crippen LogP contribution in [-0.2, 0) is 13.1 Å². The third kappa shape index (κ3) is 3.94. The minimum Gasteiger partial charge on any atom is -0.493 e. The fourth-order valence-electron chi connectivity index (χ4n) is 2.63. The molecule has 26 heavy (non-hydrogen) atoms. The minimum absolute atomic E-state index is 0.588. The van der Waals surface area contributed by atoms with Crippen LogP contribution in [0.3, 0.4) is 0 Å². The molecule has 1 aromatic heterocycles. The van der Waals surface area contributed by atoms with Gasteiger partial charge in [0.05, 0.1) is 38.9 Å². The second-order valence-electron chi connectivity index (χ2n) is 5.60. The molecule has 0 aliphatic heterocycles. The summed E-state index contributed by atoms with van der Waals surface area (Å²) in [5, 5.41) is 12.1. The smallest absolute Gasteiger partial charge is 0.203 e. The van der Waals surface area contributed by atoms with Gasteiger partial charge in [0.15, 0.2) is 11.5 Å². The van der Waals surface area contributed by atoms with Crippen molar-refractivity contribution < 1.29 is 14.2 Å². The summed E-state index contributed by atoms with van der Waals surface area (Å²) in [5.74, 6) is 1.86. The number of methoxy groups -OCH3 is 3. The largest absolute Gasteiger partial charge is 0.493 e. The maximum atomic E-state index is 5.38. The molecule has 1 N–H and O–H groups in total. The van der Waals surface area contributed by atoms with Crippen molar-refractivity contribution in [2.24, 2.45) is 0 Å². The van der Waals surface area contributed by atoms with Gasteiger partial charge in [0.1, 0.15) is 0 Å². The lowest BCUT2D eigenvalue weighted by atomic mass is 10.1. The van der Waals surface area contributed by atoms with Crippen LogP contribution in [0.2, 0.25) is 0 Å². The van der Waals surface area contributed by atoms with E-state index < -0.39 is 0 Å². The molecule has 0 unspecified atom stereocenters. The Morgan fingerprint density at radius 1 is 0.923 bits per heavy atom. The van der Waals surface area contributed by atoms with Crippen molar-refractivity contribution in [1.29, 1.82) is 0 Å². The first-order valence-electron chi connectivity index (χ1n) is 8.21. The molecule has 0 atom stereocenters. The third-order valence-electron chi connectivity index (χ3n) is 3.89. The number of hydrogen-bond acceptors (Lipinski definition) is 6. The maximum Gasteiger partial charge on any atom is 0.203 e. The molecule has 1 heterocycles. The molecule has 7 nitrogen and oxygen atoms in total. The Hall–Kier alpha value is -3.06. The van der Waals surface area contributed by atoms with Crippen molar-refractivity contribution in [2.75, 3.05) is 21.3 Å². The van der Waals surface area contributed by atoms with Crippen LogP contribution in [0.15, 0.2) is 48.7 Å². The van der Waals surface area contributed by atoms with Crippen LogP contribution in [0.5, 0.6) is 17.2 Å². The quantitative estimate of drug-likeness (QED) is 0.670. The number of benzene rings is 2. The van der Waals surface area contributed by atoms with Gasteiger partial charge < -0.3 is 19.5 Å². The Balaban J connectivity index is 1.64. The number of nitrogens with one attached hydrogen (secondary N) is 1. The first-order chi connectivity index (χ1) is 12.7. The van der Waals surface area contributed by atoms with Crippen LogP contribution in [0.1, 0.15) is 11.3 Å². The Bertz CT molecular complexity index is 824. The van der Waals surface area contributed by atoms with Crippen LogP contribution in [0, 0.1) is 0 Å². The highest BCUT2D eigenvalue weighted by atomic mass is 16.5. The highest BCUT2D eigenvalue weighted by molar-refractivity contribution is 5.53. The SMILES string of the molecule is COc1cc(CNCc2cnn(-c3ccccc3)n2)cc(OC)c1OC. The zero-order chi connectivity index (χ0) is 18.4. The van der Waals surface area contributed by atoms with E-state index in [0.717, 1.165) is 16.9 Å². The lowest BCUT2D eigenvalue weighted by Crippen LogP contribution is -2.13. The van der Waals surface area contributed by atoms with Gasteiger partial charge in [-0.3, -0.25) is 0 Å². The van der Waals surface area contributed by atoms with E-state index in [0.29, 0.717) is 30.3 Å². The molecule has 0 spiro atoms. The zero-order valence-corrected chi connectivity index (χ0v) is 15.1. The second-order valence-corrected chi connectivity index (χ2v) is 5.60. The molecule has 0 aliphatic carbocycles. The van der Waals surface area contributed by atoms with E-state index in [1.807, 2.05) is 42.5 Å². The fourth-order valence-corrected chi connectivity index (χ4v) is 2.63. The van der Waals surface area contributed by atoms with Crippen LogP contribution in [0.25, 0.3) is 5.69 Å². The van der Waals surface area contributed by atoms with Gasteiger partial charge in [0.2, 0.25) is 5.75 Å². The normalized spacial score (nSPS) is 10.6. The lowest BCUT2D eigenvalue weighted by Gasteiger charge is -2.14. The van der Waals surface area contributed by atoms with Crippen LogP contribution < -0.4 is 19.5 Å². The minimum atomic E-state index is 0.588. The van der Waals surface area contributed by atoms with Crippen LogP contribution in [0.4, 0.5) is 0 Å². The van der Waals surface area contributed by atoms with Crippen LogP contribution >= 0.6 is 0 Å². The summed E-state index contributed by atoms with van der Waals surface area (Å²) < 4.78 is 16.1. The van der Waals surface area contributed by atoms with Crippen molar-refractivity contribution in [3.8, 4) is 22.9 Å². The Morgan fingerprint density at radius 3 is 2.23 bits per heavy atom. The van der Waals surface area contributed by atoms with Gasteiger partial charge in [-0.25, -0.2) is 0 Å². The van der Waals surface area contributed by atoms with Crippen molar-refractivity contribution in [1.82, 2.24) is 20.3 Å². The molecule has 0 saturated heterocycles. The third-order valence-corrected chi connectivity index (χ3v) is 3.89. The van der Waals surface area contributed by atoms with E-state index in [9.17, 15) is 0 Å². The summed E-state index contributed by atoms with van der Waals surface area (Å²) in [4.78, 5) is 1.62. The molecule has 0 aliphatic rings. The second kappa shape index (κ2) is 8.35. The molecule has 0 amide bonds. The maximum absolute atomic E-state index is 5.38. The highest BCUT2D eigenvalue weighted by Gasteiger charge is 2.13. The standard InChI is InChI=1S/C19H22N4O3/c1-24-17-9-14(10-18(25-2)19(17)26-3)11-20-12-15-13-21-23(22-15)16-7-5-4-6-8-16/h4-10,13,20H,11-12H2,1-3H3. The van der Waals surface area contributed by atoms with Gasteiger partial charge in [0.25, 0.3) is 0 Å². The Labute approximate surface area is 152 Å². The van der Waals surface area contributed by atoms with Crippen molar-refractivity contribution in [2.45, 2.75) is 13.1 Å². The molecule has 7 heteroatoms. The van der Waals surface area contributed by atoms with Gasteiger partial charge in [-0.15, -0.1) is 0 Å². The van der Waals surface area contributed by atoms with Gasteiger partial charge in [-0.2, -0.15) is 15.0 Å². The summed E-state index contributed by atoms with van der Waals surface area (Å²) >= 11 is 0. The molecule has 0 fully saturated rings. The first kappa shape index (κ1) is 17.8. The van der Waals surface area contributed by atoms with Gasteiger partial charge >= 0.3 is 0 Å². The predicted molar refractivity (Wildman–Crippen MR) is 98.0 cm³/mol. The zero-order valence-electron chi connectivity index (χ0n) is 15.1. The summed E-state index contributed by atoms with van der Waals surface area (Å²) in [6, 6.07) is 13.7. The average molecular weight is 354 g/mol. The fraction of sp³-hybridized carbons (Fsp3) is 0.263. The number of nitrogens with zero attached hydrogens (tertiary/aromatic N) is 3. The van der Waals surface area contributed by atoms with E-state index >= 15 is 0 Å². The molecular formula is C19H22N4O3. The van der Waals surface area contributed by atoms with Gasteiger partial charge in [-0.05, 0) is 29.8 Å². The first-order valence-corrected chi connectivity index (χ1v) is 8.21. The number of ether oxygens (including phenoxy) is 3. The summed E-state index contributed by atoms with van der Waals surface area (Å²) in [6.45, 7) is 1.23. The summed E-state index contributed by atoms with van der Waals surface area (Å²) in [5.41, 5.74) is 2.82. The number of hydrogen-bond donors (Lipinski definition) is 1. The number of para-hydroxylation sites is 1. The molecule has 3 aromatic rings. The van der Waals surface area contributed by atoms with Crippen LogP contribution in [-0.4, -0.2) is 36.3 Å². The summed E-state index contributed by atoms with van der Waals surface area (Å²) in [7, 11) is 4.81. The molecule has 3 rings (SSSR count). The topological polar surface area (TPSA) is 70.4 Å². The van der Waals surface area contributed by atoms with E-state index in [2.05, 4.69) is 15.5 Å². The van der Waals surface area contributed by atoms with Gasteiger partial charge in [0, 0.05) is 13.1 Å². The van der Waals surface area contributed by atoms with Crippen molar-refractivity contribution in [3.05, 3.63) is 59.9 Å². The van der Waals surface area contributed by atoms with Crippen molar-refractivity contribution in [3.63, 3.8) is 0 Å².